The third-order valence-corrected chi connectivity index (χ3v) is 2.15. The monoisotopic (exact) mass is 153 g/mol. The van der Waals surface area contributed by atoms with Crippen LogP contribution in [-0.4, -0.2) is 13.1 Å². The van der Waals surface area contributed by atoms with E-state index >= 15 is 0 Å². The molecule has 3 nitrogen and oxygen atoms in total. The number of rotatable bonds is 2. The van der Waals surface area contributed by atoms with Crippen LogP contribution < -0.4 is 0 Å². The van der Waals surface area contributed by atoms with E-state index < -0.39 is 0 Å². The van der Waals surface area contributed by atoms with Gasteiger partial charge in [-0.05, 0) is 18.8 Å². The molecule has 0 aromatic carbocycles. The Labute approximate surface area is 66.0 Å². The van der Waals surface area contributed by atoms with Crippen molar-refractivity contribution in [1.29, 1.82) is 5.26 Å². The number of hydrogen-bond acceptors (Lipinski definition) is 3. The van der Waals surface area contributed by atoms with E-state index in [1.165, 1.54) is 7.11 Å². The Morgan fingerprint density at radius 2 is 2.36 bits per heavy atom. The molecule has 1 saturated carbocycles. The third kappa shape index (κ3) is 1.70. The first-order chi connectivity index (χ1) is 5.27. The van der Waals surface area contributed by atoms with Gasteiger partial charge in [0.15, 0.2) is 0 Å². The molecule has 1 aliphatic carbocycles. The molecule has 1 rings (SSSR count). The van der Waals surface area contributed by atoms with Crippen molar-refractivity contribution >= 4 is 5.97 Å². The minimum absolute atomic E-state index is 0.0679. The van der Waals surface area contributed by atoms with Gasteiger partial charge in [-0.25, -0.2) is 0 Å². The summed E-state index contributed by atoms with van der Waals surface area (Å²) in [6, 6.07) is 2.10. The van der Waals surface area contributed by atoms with Gasteiger partial charge in [-0.1, -0.05) is 0 Å². The highest BCUT2D eigenvalue weighted by Gasteiger charge is 2.34. The maximum atomic E-state index is 10.8. The number of esters is 1. The van der Waals surface area contributed by atoms with Crippen LogP contribution in [0.1, 0.15) is 19.3 Å². The molecule has 0 N–H and O–H groups in total. The van der Waals surface area contributed by atoms with Crippen LogP contribution >= 0.6 is 0 Å². The Kier molecular flexibility index (Phi) is 2.48. The zero-order valence-corrected chi connectivity index (χ0v) is 6.54. The Morgan fingerprint density at radius 3 is 2.82 bits per heavy atom. The fraction of sp³-hybridized carbons (Fsp3) is 0.750. The van der Waals surface area contributed by atoms with Crippen molar-refractivity contribution in [3.63, 3.8) is 0 Å². The van der Waals surface area contributed by atoms with Crippen LogP contribution in [0.4, 0.5) is 0 Å². The molecule has 0 aromatic rings. The maximum Gasteiger partial charge on any atom is 0.308 e. The molecule has 0 amide bonds. The van der Waals surface area contributed by atoms with Crippen LogP contribution in [0.15, 0.2) is 0 Å². The molecule has 1 fully saturated rings. The second kappa shape index (κ2) is 3.38. The molecule has 0 radical (unpaired) electrons. The number of nitrogens with zero attached hydrogens (tertiary/aromatic N) is 1. The summed E-state index contributed by atoms with van der Waals surface area (Å²) in [5, 5.41) is 8.32. The number of methoxy groups -OCH3 is 1. The fourth-order valence-electron chi connectivity index (χ4n) is 1.39. The van der Waals surface area contributed by atoms with Crippen LogP contribution in [0.3, 0.4) is 0 Å². The van der Waals surface area contributed by atoms with Gasteiger partial charge in [0.05, 0.1) is 19.1 Å². The minimum atomic E-state index is -0.126. The topological polar surface area (TPSA) is 50.1 Å². The van der Waals surface area contributed by atoms with Gasteiger partial charge in [0.1, 0.15) is 0 Å². The summed E-state index contributed by atoms with van der Waals surface area (Å²) >= 11 is 0. The van der Waals surface area contributed by atoms with Crippen molar-refractivity contribution in [1.82, 2.24) is 0 Å². The Bertz CT molecular complexity index is 189. The first-order valence-electron chi connectivity index (χ1n) is 3.72. The maximum absolute atomic E-state index is 10.8. The highest BCUT2D eigenvalue weighted by molar-refractivity contribution is 5.73. The third-order valence-electron chi connectivity index (χ3n) is 2.15. The summed E-state index contributed by atoms with van der Waals surface area (Å²) in [7, 11) is 1.40. The second-order valence-corrected chi connectivity index (χ2v) is 2.92. The van der Waals surface area contributed by atoms with Crippen molar-refractivity contribution in [2.24, 2.45) is 11.8 Å². The summed E-state index contributed by atoms with van der Waals surface area (Å²) in [4.78, 5) is 10.8. The average Bonchev–Trinajstić information content (AvgIpc) is 1.94. The average molecular weight is 153 g/mol. The first-order valence-corrected chi connectivity index (χ1v) is 3.72. The van der Waals surface area contributed by atoms with Gasteiger partial charge in [0.25, 0.3) is 0 Å². The van der Waals surface area contributed by atoms with E-state index in [9.17, 15) is 4.79 Å². The van der Waals surface area contributed by atoms with Gasteiger partial charge in [0, 0.05) is 6.42 Å². The summed E-state index contributed by atoms with van der Waals surface area (Å²) in [5.74, 6) is 0.377. The molecule has 0 heterocycles. The zero-order chi connectivity index (χ0) is 8.27. The van der Waals surface area contributed by atoms with Crippen LogP contribution in [0.2, 0.25) is 0 Å². The molecule has 0 aliphatic heterocycles. The van der Waals surface area contributed by atoms with E-state index in [0.717, 1.165) is 12.8 Å². The lowest BCUT2D eigenvalue weighted by Gasteiger charge is -2.31. The number of carbonyl (C=O) groups excluding carboxylic acids is 1. The van der Waals surface area contributed by atoms with Crippen molar-refractivity contribution in [3.8, 4) is 6.07 Å². The van der Waals surface area contributed by atoms with Crippen molar-refractivity contribution < 1.29 is 9.53 Å². The summed E-state index contributed by atoms with van der Waals surface area (Å²) in [5.41, 5.74) is 0. The normalized spacial score (nSPS) is 28.4. The molecule has 60 valence electrons. The predicted molar refractivity (Wildman–Crippen MR) is 38.5 cm³/mol. The predicted octanol–water partition coefficient (Wildman–Crippen LogP) is 1.10. The quantitative estimate of drug-likeness (QED) is 0.558. The fourth-order valence-corrected chi connectivity index (χ4v) is 1.39. The lowest BCUT2D eigenvalue weighted by molar-refractivity contribution is -0.150. The van der Waals surface area contributed by atoms with Gasteiger partial charge in [0.2, 0.25) is 0 Å². The summed E-state index contributed by atoms with van der Waals surface area (Å²) < 4.78 is 4.56. The van der Waals surface area contributed by atoms with E-state index in [1.54, 1.807) is 0 Å². The summed E-state index contributed by atoms with van der Waals surface area (Å²) in [6.07, 6.45) is 2.24. The highest BCUT2D eigenvalue weighted by Crippen LogP contribution is 2.36. The number of carbonyl (C=O) groups is 1. The van der Waals surface area contributed by atoms with Gasteiger partial charge < -0.3 is 4.74 Å². The van der Waals surface area contributed by atoms with Crippen LogP contribution in [0, 0.1) is 23.2 Å². The molecule has 3 heteroatoms. The molecule has 0 saturated heterocycles. The van der Waals surface area contributed by atoms with Crippen LogP contribution in [0.25, 0.3) is 0 Å². The molecular formula is C8H11NO2. The van der Waals surface area contributed by atoms with Crippen molar-refractivity contribution in [2.45, 2.75) is 19.3 Å². The van der Waals surface area contributed by atoms with Gasteiger partial charge >= 0.3 is 5.97 Å². The van der Waals surface area contributed by atoms with Crippen molar-refractivity contribution in [3.05, 3.63) is 0 Å². The first kappa shape index (κ1) is 8.06. The van der Waals surface area contributed by atoms with Crippen LogP contribution in [0.5, 0.6) is 0 Å². The van der Waals surface area contributed by atoms with E-state index in [2.05, 4.69) is 10.8 Å². The Balaban J connectivity index is 2.20. The van der Waals surface area contributed by atoms with Gasteiger partial charge in [-0.2, -0.15) is 5.26 Å². The molecule has 0 spiro atoms. The van der Waals surface area contributed by atoms with E-state index in [1.807, 2.05) is 0 Å². The minimum Gasteiger partial charge on any atom is -0.469 e. The van der Waals surface area contributed by atoms with Gasteiger partial charge in [-0.15, -0.1) is 0 Å². The van der Waals surface area contributed by atoms with Gasteiger partial charge in [-0.3, -0.25) is 4.79 Å². The highest BCUT2D eigenvalue weighted by atomic mass is 16.5. The molecular weight excluding hydrogens is 142 g/mol. The molecule has 0 unspecified atom stereocenters. The lowest BCUT2D eigenvalue weighted by Crippen LogP contribution is -2.30. The van der Waals surface area contributed by atoms with E-state index in [0.29, 0.717) is 12.3 Å². The molecule has 1 aliphatic rings. The lowest BCUT2D eigenvalue weighted by atomic mass is 9.73. The molecule has 0 atom stereocenters. The molecule has 0 aromatic heterocycles. The largest absolute Gasteiger partial charge is 0.469 e. The Morgan fingerprint density at radius 1 is 1.73 bits per heavy atom. The zero-order valence-electron chi connectivity index (χ0n) is 6.54. The molecule has 11 heavy (non-hydrogen) atoms. The van der Waals surface area contributed by atoms with Crippen LogP contribution in [-0.2, 0) is 9.53 Å². The molecule has 0 bridgehead atoms. The number of ether oxygens (including phenoxy) is 1. The standard InChI is InChI=1S/C8H11NO2/c1-11-8(10)7-4-6(5-7)2-3-9/h6-7H,2,4-5H2,1H3. The van der Waals surface area contributed by atoms with E-state index in [-0.39, 0.29) is 11.9 Å². The summed E-state index contributed by atoms with van der Waals surface area (Å²) in [6.45, 7) is 0. The number of hydrogen-bond donors (Lipinski definition) is 0. The smallest absolute Gasteiger partial charge is 0.308 e. The number of nitriles is 1. The van der Waals surface area contributed by atoms with Crippen molar-refractivity contribution in [2.75, 3.05) is 7.11 Å². The van der Waals surface area contributed by atoms with E-state index in [4.69, 9.17) is 5.26 Å². The SMILES string of the molecule is COC(=O)C1CC(CC#N)C1. The Hall–Kier alpha value is -1.04. The second-order valence-electron chi connectivity index (χ2n) is 2.92.